The second-order valence-corrected chi connectivity index (χ2v) is 7.17. The highest BCUT2D eigenvalue weighted by molar-refractivity contribution is 7.80. The highest BCUT2D eigenvalue weighted by Gasteiger charge is 2.38. The van der Waals surface area contributed by atoms with Crippen molar-refractivity contribution < 1.29 is 0 Å². The molecule has 2 aliphatic rings. The van der Waals surface area contributed by atoms with Crippen LogP contribution < -0.4 is 0 Å². The fraction of sp³-hybridized carbons (Fsp3) is 1.00. The van der Waals surface area contributed by atoms with Crippen molar-refractivity contribution in [2.45, 2.75) is 58.9 Å². The van der Waals surface area contributed by atoms with Crippen LogP contribution in [0, 0.1) is 17.3 Å². The van der Waals surface area contributed by atoms with Crippen LogP contribution in [0.3, 0.4) is 0 Å². The van der Waals surface area contributed by atoms with Crippen LogP contribution in [0.2, 0.25) is 0 Å². The Hall–Kier alpha value is 0.310. The summed E-state index contributed by atoms with van der Waals surface area (Å²) in [6, 6.07) is 0.767. The molecule has 0 N–H and O–H groups in total. The summed E-state index contributed by atoms with van der Waals surface area (Å²) in [5, 5.41) is 0. The monoisotopic (exact) mass is 255 g/mol. The van der Waals surface area contributed by atoms with E-state index in [2.05, 4.69) is 38.3 Å². The molecule has 2 rings (SSSR count). The molecule has 3 unspecified atom stereocenters. The largest absolute Gasteiger partial charge is 0.300 e. The maximum Gasteiger partial charge on any atom is 0.00930 e. The number of likely N-dealkylation sites (tertiary alicyclic amines) is 1. The van der Waals surface area contributed by atoms with Gasteiger partial charge in [0.1, 0.15) is 0 Å². The molecular formula is C15H29NS. The Morgan fingerprint density at radius 3 is 2.41 bits per heavy atom. The number of rotatable bonds is 3. The van der Waals surface area contributed by atoms with Gasteiger partial charge in [0.25, 0.3) is 0 Å². The van der Waals surface area contributed by atoms with E-state index in [9.17, 15) is 0 Å². The summed E-state index contributed by atoms with van der Waals surface area (Å²) in [6.45, 7) is 9.87. The first-order valence-corrected chi connectivity index (χ1v) is 8.04. The molecule has 2 heteroatoms. The van der Waals surface area contributed by atoms with E-state index in [0.29, 0.717) is 5.41 Å². The average molecular weight is 255 g/mol. The molecule has 1 aliphatic heterocycles. The van der Waals surface area contributed by atoms with Crippen molar-refractivity contribution >= 4 is 12.6 Å². The van der Waals surface area contributed by atoms with Gasteiger partial charge in [-0.25, -0.2) is 0 Å². The zero-order valence-electron chi connectivity index (χ0n) is 11.8. The third-order valence-electron chi connectivity index (χ3n) is 5.26. The van der Waals surface area contributed by atoms with Crippen LogP contribution in [0.5, 0.6) is 0 Å². The quantitative estimate of drug-likeness (QED) is 0.750. The van der Waals surface area contributed by atoms with Gasteiger partial charge in [-0.1, -0.05) is 26.7 Å². The Bertz CT molecular complexity index is 247. The molecule has 1 saturated heterocycles. The minimum atomic E-state index is 0.536. The van der Waals surface area contributed by atoms with Crippen molar-refractivity contribution in [1.82, 2.24) is 4.90 Å². The van der Waals surface area contributed by atoms with E-state index in [0.717, 1.165) is 23.6 Å². The minimum absolute atomic E-state index is 0.536. The zero-order chi connectivity index (χ0) is 12.5. The van der Waals surface area contributed by atoms with Crippen LogP contribution in [0.1, 0.15) is 52.9 Å². The van der Waals surface area contributed by atoms with E-state index in [4.69, 9.17) is 0 Å². The molecule has 0 spiro atoms. The smallest absolute Gasteiger partial charge is 0.00930 e. The van der Waals surface area contributed by atoms with Gasteiger partial charge in [-0.3, -0.25) is 4.90 Å². The minimum Gasteiger partial charge on any atom is -0.300 e. The van der Waals surface area contributed by atoms with Gasteiger partial charge < -0.3 is 0 Å². The predicted octanol–water partition coefficient (Wildman–Crippen LogP) is 3.84. The third-order valence-corrected chi connectivity index (χ3v) is 5.93. The molecule has 1 heterocycles. The molecule has 0 aromatic carbocycles. The van der Waals surface area contributed by atoms with Crippen molar-refractivity contribution in [2.75, 3.05) is 18.8 Å². The summed E-state index contributed by atoms with van der Waals surface area (Å²) >= 11 is 4.65. The Morgan fingerprint density at radius 1 is 1.18 bits per heavy atom. The fourth-order valence-electron chi connectivity index (χ4n) is 3.96. The van der Waals surface area contributed by atoms with E-state index >= 15 is 0 Å². The normalized spacial score (nSPS) is 38.5. The van der Waals surface area contributed by atoms with E-state index < -0.39 is 0 Å². The van der Waals surface area contributed by atoms with Crippen molar-refractivity contribution in [1.29, 1.82) is 0 Å². The lowest BCUT2D eigenvalue weighted by atomic mass is 9.82. The van der Waals surface area contributed by atoms with Gasteiger partial charge in [-0.15, -0.1) is 0 Å². The summed E-state index contributed by atoms with van der Waals surface area (Å²) < 4.78 is 0. The molecule has 2 fully saturated rings. The van der Waals surface area contributed by atoms with E-state index in [1.807, 2.05) is 0 Å². The Labute approximate surface area is 113 Å². The van der Waals surface area contributed by atoms with Crippen molar-refractivity contribution in [3.63, 3.8) is 0 Å². The number of hydrogen-bond acceptors (Lipinski definition) is 2. The molecule has 0 bridgehead atoms. The predicted molar refractivity (Wildman–Crippen MR) is 78.7 cm³/mol. The van der Waals surface area contributed by atoms with Crippen LogP contribution in [-0.2, 0) is 0 Å². The van der Waals surface area contributed by atoms with Gasteiger partial charge in [0.15, 0.2) is 0 Å². The molecule has 1 aliphatic carbocycles. The summed E-state index contributed by atoms with van der Waals surface area (Å²) in [5.74, 6) is 2.82. The van der Waals surface area contributed by atoms with Crippen molar-refractivity contribution in [3.8, 4) is 0 Å². The first-order chi connectivity index (χ1) is 8.06. The molecule has 1 nitrogen and oxygen atoms in total. The van der Waals surface area contributed by atoms with Gasteiger partial charge >= 0.3 is 0 Å². The molecule has 0 aromatic rings. The van der Waals surface area contributed by atoms with Crippen molar-refractivity contribution in [2.24, 2.45) is 17.3 Å². The lowest BCUT2D eigenvalue weighted by molar-refractivity contribution is 0.0443. The highest BCUT2D eigenvalue weighted by Crippen LogP contribution is 2.41. The Kier molecular flexibility index (Phi) is 4.46. The lowest BCUT2D eigenvalue weighted by Crippen LogP contribution is -2.50. The van der Waals surface area contributed by atoms with Crippen LogP contribution in [0.25, 0.3) is 0 Å². The van der Waals surface area contributed by atoms with Gasteiger partial charge in [-0.2, -0.15) is 12.6 Å². The second-order valence-electron chi connectivity index (χ2n) is 6.85. The Balaban J connectivity index is 2.00. The summed E-state index contributed by atoms with van der Waals surface area (Å²) in [4.78, 5) is 2.76. The fourth-order valence-corrected chi connectivity index (χ4v) is 4.38. The maximum atomic E-state index is 4.65. The summed E-state index contributed by atoms with van der Waals surface area (Å²) in [6.07, 6.45) is 7.07. The standard InChI is InChI=1S/C15H29NS/c1-12-8-13(2)14(3)16(9-12)10-15(11-17)6-4-5-7-15/h12-14,17H,4-11H2,1-3H3. The molecule has 100 valence electrons. The van der Waals surface area contributed by atoms with Crippen LogP contribution >= 0.6 is 12.6 Å². The first kappa shape index (κ1) is 13.7. The summed E-state index contributed by atoms with van der Waals surface area (Å²) in [7, 11) is 0. The summed E-state index contributed by atoms with van der Waals surface area (Å²) in [5.41, 5.74) is 0.536. The maximum absolute atomic E-state index is 4.65. The third kappa shape index (κ3) is 3.01. The number of piperidine rings is 1. The molecule has 0 aromatic heterocycles. The van der Waals surface area contributed by atoms with Crippen LogP contribution in [-0.4, -0.2) is 29.8 Å². The molecule has 0 amide bonds. The van der Waals surface area contributed by atoms with Gasteiger partial charge in [-0.05, 0) is 49.2 Å². The lowest BCUT2D eigenvalue weighted by Gasteiger charge is -2.45. The molecule has 17 heavy (non-hydrogen) atoms. The van der Waals surface area contributed by atoms with Crippen LogP contribution in [0.15, 0.2) is 0 Å². The molecule has 3 atom stereocenters. The first-order valence-electron chi connectivity index (χ1n) is 7.41. The van der Waals surface area contributed by atoms with Crippen molar-refractivity contribution in [3.05, 3.63) is 0 Å². The SMILES string of the molecule is CC1CC(C)C(C)N(CC2(CS)CCCC2)C1. The molecule has 1 saturated carbocycles. The second kappa shape index (κ2) is 5.52. The Morgan fingerprint density at radius 2 is 1.82 bits per heavy atom. The highest BCUT2D eigenvalue weighted by atomic mass is 32.1. The number of nitrogens with zero attached hydrogens (tertiary/aromatic N) is 1. The van der Waals surface area contributed by atoms with E-state index in [1.165, 1.54) is 45.2 Å². The average Bonchev–Trinajstić information content (AvgIpc) is 2.74. The molecule has 0 radical (unpaired) electrons. The van der Waals surface area contributed by atoms with Gasteiger partial charge in [0, 0.05) is 19.1 Å². The zero-order valence-corrected chi connectivity index (χ0v) is 12.7. The van der Waals surface area contributed by atoms with E-state index in [1.54, 1.807) is 0 Å². The number of hydrogen-bond donors (Lipinski definition) is 1. The van der Waals surface area contributed by atoms with Gasteiger partial charge in [0.2, 0.25) is 0 Å². The van der Waals surface area contributed by atoms with Crippen LogP contribution in [0.4, 0.5) is 0 Å². The van der Waals surface area contributed by atoms with E-state index in [-0.39, 0.29) is 0 Å². The molecular weight excluding hydrogens is 226 g/mol. The van der Waals surface area contributed by atoms with Gasteiger partial charge in [0.05, 0.1) is 0 Å². The topological polar surface area (TPSA) is 3.24 Å². The number of thiol groups is 1.